The molecule has 16 heavy (non-hydrogen) atoms. The first kappa shape index (κ1) is 12.8. The van der Waals surface area contributed by atoms with E-state index in [9.17, 15) is 4.79 Å². The first-order valence-electron chi connectivity index (χ1n) is 5.38. The van der Waals surface area contributed by atoms with Gasteiger partial charge in [0.1, 0.15) is 6.61 Å². The fraction of sp³-hybridized carbons (Fsp3) is 0.900. The van der Waals surface area contributed by atoms with E-state index in [1.54, 1.807) is 0 Å². The maximum absolute atomic E-state index is 11.5. The largest absolute Gasteiger partial charge is 0.464 e. The van der Waals surface area contributed by atoms with Crippen molar-refractivity contribution >= 4 is 5.97 Å². The van der Waals surface area contributed by atoms with Crippen LogP contribution in [0, 0.1) is 5.41 Å². The molecule has 1 aliphatic heterocycles. The zero-order valence-corrected chi connectivity index (χ0v) is 9.93. The molecule has 0 bridgehead atoms. The highest BCUT2D eigenvalue weighted by molar-refractivity contribution is 5.75. The molecule has 0 saturated carbocycles. The van der Waals surface area contributed by atoms with E-state index in [4.69, 9.17) is 10.3 Å². The topological polar surface area (TPSA) is 87.1 Å². The number of nitrogens with zero attached hydrogens (tertiary/aromatic N) is 3. The lowest BCUT2D eigenvalue weighted by Gasteiger charge is -2.18. The average Bonchev–Trinajstić information content (AvgIpc) is 2.61. The van der Waals surface area contributed by atoms with Crippen LogP contribution in [0.15, 0.2) is 5.11 Å². The molecular formula is C10H18N4O2. The summed E-state index contributed by atoms with van der Waals surface area (Å²) in [4.78, 5) is 14.3. The van der Waals surface area contributed by atoms with Crippen LogP contribution in [0.3, 0.4) is 0 Å². The Labute approximate surface area is 95.0 Å². The monoisotopic (exact) mass is 226 g/mol. The Morgan fingerprint density at radius 3 is 2.88 bits per heavy atom. The molecule has 0 aromatic heterocycles. The zero-order chi connectivity index (χ0) is 12.2. The molecule has 6 nitrogen and oxygen atoms in total. The van der Waals surface area contributed by atoms with E-state index in [2.05, 4.69) is 15.3 Å². The molecule has 0 spiro atoms. The average molecular weight is 226 g/mol. The van der Waals surface area contributed by atoms with Crippen LogP contribution in [0.5, 0.6) is 0 Å². The highest BCUT2D eigenvalue weighted by Crippen LogP contribution is 2.17. The molecule has 1 N–H and O–H groups in total. The zero-order valence-electron chi connectivity index (χ0n) is 9.93. The standard InChI is InChI=1S/C10H18N4O2/c1-10(2,3)9(15)16-6-8-4-7(5-12-8)13-14-11/h7-8,12H,4-6H2,1-3H3/t7?,8-/m1/s1. The predicted octanol–water partition coefficient (Wildman–Crippen LogP) is 1.62. The molecule has 1 heterocycles. The van der Waals surface area contributed by atoms with Crippen molar-refractivity contribution in [3.05, 3.63) is 10.4 Å². The van der Waals surface area contributed by atoms with E-state index >= 15 is 0 Å². The number of carbonyl (C=O) groups is 1. The van der Waals surface area contributed by atoms with Gasteiger partial charge in [-0.15, -0.1) is 0 Å². The molecule has 1 saturated heterocycles. The first-order valence-corrected chi connectivity index (χ1v) is 5.38. The minimum absolute atomic E-state index is 0.0247. The Kier molecular flexibility index (Phi) is 4.15. The highest BCUT2D eigenvalue weighted by atomic mass is 16.5. The lowest BCUT2D eigenvalue weighted by Crippen LogP contribution is -2.31. The third kappa shape index (κ3) is 3.72. The maximum Gasteiger partial charge on any atom is 0.311 e. The Morgan fingerprint density at radius 2 is 2.31 bits per heavy atom. The van der Waals surface area contributed by atoms with Gasteiger partial charge in [-0.25, -0.2) is 0 Å². The fourth-order valence-electron chi connectivity index (χ4n) is 1.48. The molecule has 0 amide bonds. The summed E-state index contributed by atoms with van der Waals surface area (Å²) in [7, 11) is 0. The van der Waals surface area contributed by atoms with Gasteiger partial charge in [-0.2, -0.15) is 0 Å². The van der Waals surface area contributed by atoms with Crippen molar-refractivity contribution in [3.63, 3.8) is 0 Å². The minimum atomic E-state index is -0.469. The number of carbonyl (C=O) groups excluding carboxylic acids is 1. The summed E-state index contributed by atoms with van der Waals surface area (Å²) in [5, 5.41) is 6.78. The molecule has 90 valence electrons. The third-order valence-corrected chi connectivity index (χ3v) is 2.44. The van der Waals surface area contributed by atoms with Crippen molar-refractivity contribution in [2.45, 2.75) is 39.3 Å². The van der Waals surface area contributed by atoms with Gasteiger partial charge < -0.3 is 10.1 Å². The van der Waals surface area contributed by atoms with Gasteiger partial charge in [0, 0.05) is 17.5 Å². The minimum Gasteiger partial charge on any atom is -0.464 e. The SMILES string of the molecule is CC(C)(C)C(=O)OC[C@H]1CC(N=[N+]=[N-])CN1. The van der Waals surface area contributed by atoms with Crippen LogP contribution in [0.25, 0.3) is 10.4 Å². The van der Waals surface area contributed by atoms with Gasteiger partial charge >= 0.3 is 5.97 Å². The summed E-state index contributed by atoms with van der Waals surface area (Å²) in [5.41, 5.74) is 7.81. The molecule has 1 fully saturated rings. The van der Waals surface area contributed by atoms with Crippen LogP contribution in [-0.4, -0.2) is 31.2 Å². The number of nitrogens with one attached hydrogen (secondary N) is 1. The van der Waals surface area contributed by atoms with Crippen molar-refractivity contribution in [1.82, 2.24) is 5.32 Å². The molecule has 1 aliphatic rings. The number of hydrogen-bond acceptors (Lipinski definition) is 4. The van der Waals surface area contributed by atoms with Crippen LogP contribution >= 0.6 is 0 Å². The normalized spacial score (nSPS) is 24.9. The van der Waals surface area contributed by atoms with Crippen molar-refractivity contribution < 1.29 is 9.53 Å². The summed E-state index contributed by atoms with van der Waals surface area (Å²) in [5.74, 6) is -0.207. The lowest BCUT2D eigenvalue weighted by atomic mass is 9.97. The maximum atomic E-state index is 11.5. The summed E-state index contributed by atoms with van der Waals surface area (Å²) in [6, 6.07) is 0.0742. The van der Waals surface area contributed by atoms with Gasteiger partial charge in [0.15, 0.2) is 0 Å². The number of ether oxygens (including phenoxy) is 1. The van der Waals surface area contributed by atoms with Gasteiger partial charge in [0.2, 0.25) is 0 Å². The molecule has 2 atom stereocenters. The van der Waals surface area contributed by atoms with E-state index in [-0.39, 0.29) is 18.1 Å². The van der Waals surface area contributed by atoms with Gasteiger partial charge in [-0.3, -0.25) is 4.79 Å². The molecule has 1 unspecified atom stereocenters. The lowest BCUT2D eigenvalue weighted by molar-refractivity contribution is -0.153. The Bertz CT molecular complexity index is 304. The van der Waals surface area contributed by atoms with Crippen LogP contribution in [0.2, 0.25) is 0 Å². The Hall–Kier alpha value is -1.26. The summed E-state index contributed by atoms with van der Waals surface area (Å²) < 4.78 is 5.18. The van der Waals surface area contributed by atoms with Gasteiger partial charge in [0.25, 0.3) is 0 Å². The summed E-state index contributed by atoms with van der Waals surface area (Å²) >= 11 is 0. The molecule has 1 rings (SSSR count). The van der Waals surface area contributed by atoms with Gasteiger partial charge in [-0.05, 0) is 32.7 Å². The van der Waals surface area contributed by atoms with Gasteiger partial charge in [0.05, 0.1) is 11.5 Å². The van der Waals surface area contributed by atoms with Crippen LogP contribution in [-0.2, 0) is 9.53 Å². The Morgan fingerprint density at radius 1 is 1.62 bits per heavy atom. The molecule has 0 radical (unpaired) electrons. The van der Waals surface area contributed by atoms with Crippen LogP contribution in [0.4, 0.5) is 0 Å². The predicted molar refractivity (Wildman–Crippen MR) is 59.8 cm³/mol. The first-order chi connectivity index (χ1) is 7.43. The molecule has 0 aliphatic carbocycles. The molecule has 6 heteroatoms. The van der Waals surface area contributed by atoms with Crippen molar-refractivity contribution in [3.8, 4) is 0 Å². The highest BCUT2D eigenvalue weighted by Gasteiger charge is 2.27. The van der Waals surface area contributed by atoms with Crippen molar-refractivity contribution in [1.29, 1.82) is 0 Å². The molecule has 0 aromatic rings. The smallest absolute Gasteiger partial charge is 0.311 e. The van der Waals surface area contributed by atoms with Crippen molar-refractivity contribution in [2.75, 3.05) is 13.2 Å². The van der Waals surface area contributed by atoms with Crippen molar-refractivity contribution in [2.24, 2.45) is 10.5 Å². The number of rotatable bonds is 3. The Balaban J connectivity index is 2.30. The van der Waals surface area contributed by atoms with Gasteiger partial charge in [-0.1, -0.05) is 5.11 Å². The molecular weight excluding hydrogens is 208 g/mol. The van der Waals surface area contributed by atoms with E-state index in [1.165, 1.54) is 0 Å². The van der Waals surface area contributed by atoms with Crippen LogP contribution in [0.1, 0.15) is 27.2 Å². The fourth-order valence-corrected chi connectivity index (χ4v) is 1.48. The van der Waals surface area contributed by atoms with Crippen LogP contribution < -0.4 is 5.32 Å². The number of esters is 1. The second-order valence-electron chi connectivity index (χ2n) is 5.05. The van der Waals surface area contributed by atoms with E-state index in [0.717, 1.165) is 6.42 Å². The quantitative estimate of drug-likeness (QED) is 0.343. The van der Waals surface area contributed by atoms with E-state index in [1.807, 2.05) is 20.8 Å². The van der Waals surface area contributed by atoms with E-state index in [0.29, 0.717) is 13.2 Å². The number of azide groups is 1. The van der Waals surface area contributed by atoms with E-state index < -0.39 is 5.41 Å². The second-order valence-corrected chi connectivity index (χ2v) is 5.05. The summed E-state index contributed by atoms with van der Waals surface area (Å²) in [6.07, 6.45) is 0.724. The molecule has 0 aromatic carbocycles. The summed E-state index contributed by atoms with van der Waals surface area (Å²) in [6.45, 7) is 6.45. The number of hydrogen-bond donors (Lipinski definition) is 1. The third-order valence-electron chi connectivity index (χ3n) is 2.44. The second kappa shape index (κ2) is 5.18.